The van der Waals surface area contributed by atoms with Crippen molar-refractivity contribution in [3.63, 3.8) is 0 Å². The summed E-state index contributed by atoms with van der Waals surface area (Å²) < 4.78 is 0. The second-order valence-corrected chi connectivity index (χ2v) is 3.22. The van der Waals surface area contributed by atoms with Crippen LogP contribution >= 0.6 is 0 Å². The molecule has 0 saturated heterocycles. The normalized spacial score (nSPS) is 11.2. The zero-order chi connectivity index (χ0) is 13.0. The number of carbonyl (C=O) groups is 2. The molecule has 0 aliphatic heterocycles. The molecule has 0 spiro atoms. The van der Waals surface area contributed by atoms with Gasteiger partial charge in [-0.05, 0) is 19.3 Å². The van der Waals surface area contributed by atoms with Crippen LogP contribution in [0.25, 0.3) is 0 Å². The van der Waals surface area contributed by atoms with Gasteiger partial charge >= 0.3 is 11.9 Å². The maximum atomic E-state index is 9.84. The molecular formula is C10H20O6. The van der Waals surface area contributed by atoms with E-state index in [1.54, 1.807) is 0 Å². The van der Waals surface area contributed by atoms with Crippen LogP contribution < -0.4 is 0 Å². The third-order valence-corrected chi connectivity index (χ3v) is 1.65. The van der Waals surface area contributed by atoms with Crippen molar-refractivity contribution in [2.75, 3.05) is 6.61 Å². The highest BCUT2D eigenvalue weighted by atomic mass is 16.4. The first-order valence-electron chi connectivity index (χ1n) is 5.19. The molecule has 0 radical (unpaired) electrons. The molecule has 96 valence electrons. The van der Waals surface area contributed by atoms with Crippen LogP contribution in [0.4, 0.5) is 0 Å². The summed E-state index contributed by atoms with van der Waals surface area (Å²) in [5.41, 5.74) is 0. The number of aliphatic carboxylic acids is 2. The topological polar surface area (TPSA) is 115 Å². The highest BCUT2D eigenvalue weighted by Gasteiger charge is 2.09. The predicted molar refractivity (Wildman–Crippen MR) is 57.1 cm³/mol. The molecule has 0 fully saturated rings. The fourth-order valence-corrected chi connectivity index (χ4v) is 0.785. The number of hydrogen-bond donors (Lipinski definition) is 4. The van der Waals surface area contributed by atoms with E-state index < -0.39 is 18.0 Å². The van der Waals surface area contributed by atoms with Crippen molar-refractivity contribution in [1.29, 1.82) is 0 Å². The van der Waals surface area contributed by atoms with E-state index in [1.807, 2.05) is 6.92 Å². The molecule has 0 aliphatic rings. The van der Waals surface area contributed by atoms with Gasteiger partial charge in [0.1, 0.15) is 0 Å². The van der Waals surface area contributed by atoms with Gasteiger partial charge < -0.3 is 20.4 Å². The van der Waals surface area contributed by atoms with Gasteiger partial charge in [-0.2, -0.15) is 0 Å². The average Bonchev–Trinajstić information content (AvgIpc) is 2.19. The Balaban J connectivity index is 0. The first-order valence-corrected chi connectivity index (χ1v) is 5.19. The number of carboxylic acid groups (broad SMARTS) is 2. The summed E-state index contributed by atoms with van der Waals surface area (Å²) in [5.74, 6) is -1.93. The van der Waals surface area contributed by atoms with E-state index in [0.29, 0.717) is 25.7 Å². The van der Waals surface area contributed by atoms with Gasteiger partial charge in [0.25, 0.3) is 0 Å². The lowest BCUT2D eigenvalue weighted by molar-refractivity contribution is -0.147. The van der Waals surface area contributed by atoms with E-state index in [9.17, 15) is 9.59 Å². The van der Waals surface area contributed by atoms with Gasteiger partial charge in [0.05, 0.1) is 0 Å². The molecule has 6 nitrogen and oxygen atoms in total. The predicted octanol–water partition coefficient (Wildman–Crippen LogP) is 0.466. The third-order valence-electron chi connectivity index (χ3n) is 1.65. The molecule has 6 heteroatoms. The lowest BCUT2D eigenvalue weighted by atomic mass is 10.2. The second-order valence-electron chi connectivity index (χ2n) is 3.22. The minimum absolute atomic E-state index is 0.0906. The fraction of sp³-hybridized carbons (Fsp3) is 0.800. The van der Waals surface area contributed by atoms with Crippen molar-refractivity contribution in [2.45, 2.75) is 45.1 Å². The van der Waals surface area contributed by atoms with Gasteiger partial charge in [0.15, 0.2) is 6.10 Å². The van der Waals surface area contributed by atoms with Crippen molar-refractivity contribution in [3.8, 4) is 0 Å². The fourth-order valence-electron chi connectivity index (χ4n) is 0.785. The lowest BCUT2D eigenvalue weighted by Gasteiger charge is -1.99. The molecule has 0 aromatic rings. The molecule has 16 heavy (non-hydrogen) atoms. The van der Waals surface area contributed by atoms with Gasteiger partial charge in [-0.25, -0.2) is 4.79 Å². The molecule has 1 unspecified atom stereocenters. The van der Waals surface area contributed by atoms with Crippen LogP contribution in [0.3, 0.4) is 0 Å². The zero-order valence-corrected chi connectivity index (χ0v) is 9.43. The van der Waals surface area contributed by atoms with Crippen molar-refractivity contribution in [1.82, 2.24) is 0 Å². The van der Waals surface area contributed by atoms with E-state index in [0.717, 1.165) is 0 Å². The number of aliphatic hydroxyl groups excluding tert-OH is 2. The Kier molecular flexibility index (Phi) is 12.9. The smallest absolute Gasteiger partial charge is 0.332 e. The van der Waals surface area contributed by atoms with E-state index >= 15 is 0 Å². The Bertz CT molecular complexity index is 192. The van der Waals surface area contributed by atoms with Gasteiger partial charge in [0.2, 0.25) is 0 Å². The molecule has 1 atom stereocenters. The summed E-state index contributed by atoms with van der Waals surface area (Å²) in [5, 5.41) is 32.8. The number of hydrogen-bond acceptors (Lipinski definition) is 4. The Morgan fingerprint density at radius 2 is 1.75 bits per heavy atom. The molecule has 0 aromatic heterocycles. The lowest BCUT2D eigenvalue weighted by Crippen LogP contribution is -2.18. The van der Waals surface area contributed by atoms with Gasteiger partial charge in [0, 0.05) is 13.0 Å². The van der Waals surface area contributed by atoms with Crippen LogP contribution in [0, 0.1) is 0 Å². The quantitative estimate of drug-likeness (QED) is 0.477. The number of carboxylic acids is 2. The van der Waals surface area contributed by atoms with E-state index in [1.165, 1.54) is 0 Å². The minimum atomic E-state index is -1.17. The number of aliphatic hydroxyl groups is 2. The summed E-state index contributed by atoms with van der Waals surface area (Å²) in [4.78, 5) is 19.6. The van der Waals surface area contributed by atoms with E-state index in [-0.39, 0.29) is 13.0 Å². The number of rotatable bonds is 7. The maximum Gasteiger partial charge on any atom is 0.332 e. The highest BCUT2D eigenvalue weighted by molar-refractivity contribution is 5.71. The standard InChI is InChI=1S/2C5H10O3/c1-2-3-4(6)5(7)8;6-4-2-1-3-5(7)8/h4,6H,2-3H2,1H3,(H,7,8);6H,1-4H2,(H,7,8). The minimum Gasteiger partial charge on any atom is -0.481 e. The van der Waals surface area contributed by atoms with Gasteiger partial charge in [-0.15, -0.1) is 0 Å². The summed E-state index contributed by atoms with van der Waals surface area (Å²) in [7, 11) is 0. The molecule has 0 saturated carbocycles. The van der Waals surface area contributed by atoms with Gasteiger partial charge in [-0.3, -0.25) is 4.79 Å². The molecular weight excluding hydrogens is 216 g/mol. The highest BCUT2D eigenvalue weighted by Crippen LogP contribution is 1.94. The van der Waals surface area contributed by atoms with Crippen LogP contribution in [-0.2, 0) is 9.59 Å². The third kappa shape index (κ3) is 15.3. The van der Waals surface area contributed by atoms with Crippen LogP contribution in [0.15, 0.2) is 0 Å². The van der Waals surface area contributed by atoms with E-state index in [4.69, 9.17) is 20.4 Å². The molecule has 0 rings (SSSR count). The zero-order valence-electron chi connectivity index (χ0n) is 9.43. The Morgan fingerprint density at radius 3 is 2.00 bits per heavy atom. The monoisotopic (exact) mass is 236 g/mol. The van der Waals surface area contributed by atoms with E-state index in [2.05, 4.69) is 0 Å². The van der Waals surface area contributed by atoms with Crippen LogP contribution in [-0.4, -0.2) is 45.1 Å². The Labute approximate surface area is 94.5 Å². The van der Waals surface area contributed by atoms with Crippen LogP contribution in [0.1, 0.15) is 39.0 Å². The maximum absolute atomic E-state index is 9.84. The Hall–Kier alpha value is -1.14. The number of unbranched alkanes of at least 4 members (excludes halogenated alkanes) is 1. The molecule has 0 aliphatic carbocycles. The summed E-state index contributed by atoms with van der Waals surface area (Å²) >= 11 is 0. The van der Waals surface area contributed by atoms with Crippen molar-refractivity contribution in [3.05, 3.63) is 0 Å². The van der Waals surface area contributed by atoms with Gasteiger partial charge in [-0.1, -0.05) is 13.3 Å². The first-order chi connectivity index (χ1) is 7.45. The SMILES string of the molecule is CCCC(O)C(=O)O.O=C(O)CCCCO. The molecule has 0 heterocycles. The van der Waals surface area contributed by atoms with Crippen LogP contribution in [0.2, 0.25) is 0 Å². The largest absolute Gasteiger partial charge is 0.481 e. The molecule has 0 aromatic carbocycles. The summed E-state index contributed by atoms with van der Waals surface area (Å²) in [6.07, 6.45) is 1.21. The second kappa shape index (κ2) is 11.9. The van der Waals surface area contributed by atoms with Crippen molar-refractivity contribution in [2.24, 2.45) is 0 Å². The molecule has 4 N–H and O–H groups in total. The van der Waals surface area contributed by atoms with Crippen molar-refractivity contribution < 1.29 is 30.0 Å². The summed E-state index contributed by atoms with van der Waals surface area (Å²) in [6, 6.07) is 0. The Morgan fingerprint density at radius 1 is 1.19 bits per heavy atom. The first kappa shape index (κ1) is 17.3. The molecule has 0 amide bonds. The summed E-state index contributed by atoms with van der Waals surface area (Å²) in [6.45, 7) is 1.92. The van der Waals surface area contributed by atoms with Crippen molar-refractivity contribution >= 4 is 11.9 Å². The molecule has 0 bridgehead atoms. The van der Waals surface area contributed by atoms with Crippen LogP contribution in [0.5, 0.6) is 0 Å². The average molecular weight is 236 g/mol.